The van der Waals surface area contributed by atoms with Crippen LogP contribution >= 0.6 is 0 Å². The number of ether oxygens (including phenoxy) is 1. The van der Waals surface area contributed by atoms with Crippen molar-refractivity contribution in [2.45, 2.75) is 19.0 Å². The summed E-state index contributed by atoms with van der Waals surface area (Å²) in [5, 5.41) is 9.20. The number of phenolic OH excluding ortho intramolecular Hbond substituents is 1. The van der Waals surface area contributed by atoms with E-state index >= 15 is 0 Å². The molecule has 1 aromatic carbocycles. The van der Waals surface area contributed by atoms with E-state index in [2.05, 4.69) is 0 Å². The van der Waals surface area contributed by atoms with Crippen LogP contribution in [0.5, 0.6) is 11.5 Å². The summed E-state index contributed by atoms with van der Waals surface area (Å²) >= 11 is 0. The number of anilines is 1. The van der Waals surface area contributed by atoms with Gasteiger partial charge in [0.05, 0.1) is 6.61 Å². The molecule has 6 heteroatoms. The first-order valence-corrected chi connectivity index (χ1v) is 4.67. The van der Waals surface area contributed by atoms with Crippen LogP contribution in [0.3, 0.4) is 0 Å². The van der Waals surface area contributed by atoms with E-state index in [9.17, 15) is 18.3 Å². The Hall–Kier alpha value is -1.59. The smallest absolute Gasteiger partial charge is 0.389 e. The lowest BCUT2D eigenvalue weighted by Gasteiger charge is -2.10. The third-order valence-corrected chi connectivity index (χ3v) is 1.91. The maximum absolute atomic E-state index is 11.8. The molecule has 0 saturated heterocycles. The number of aromatic hydroxyl groups is 1. The molecule has 1 rings (SSSR count). The molecule has 1 aromatic rings. The van der Waals surface area contributed by atoms with E-state index in [1.54, 1.807) is 0 Å². The molecule has 16 heavy (non-hydrogen) atoms. The average Bonchev–Trinajstić information content (AvgIpc) is 2.17. The molecular weight excluding hydrogens is 223 g/mol. The highest BCUT2D eigenvalue weighted by molar-refractivity contribution is 5.61. The standard InChI is InChI=1S/C10H12F3NO2/c11-10(12,13)5-2-6-16-8-4-1-3-7(15)9(8)14/h1,3-4,15H,2,5-6,14H2. The van der Waals surface area contributed by atoms with Crippen LogP contribution in [-0.2, 0) is 0 Å². The monoisotopic (exact) mass is 235 g/mol. The number of benzene rings is 1. The van der Waals surface area contributed by atoms with E-state index in [0.717, 1.165) is 0 Å². The van der Waals surface area contributed by atoms with Gasteiger partial charge in [0.2, 0.25) is 0 Å². The molecule has 3 N–H and O–H groups in total. The molecule has 3 nitrogen and oxygen atoms in total. The molecule has 0 bridgehead atoms. The van der Waals surface area contributed by atoms with Gasteiger partial charge in [-0.15, -0.1) is 0 Å². The highest BCUT2D eigenvalue weighted by Gasteiger charge is 2.26. The Balaban J connectivity index is 2.41. The van der Waals surface area contributed by atoms with Crippen molar-refractivity contribution in [3.8, 4) is 11.5 Å². The maximum Gasteiger partial charge on any atom is 0.389 e. The summed E-state index contributed by atoms with van der Waals surface area (Å²) in [5.41, 5.74) is 5.49. The zero-order valence-electron chi connectivity index (χ0n) is 8.42. The average molecular weight is 235 g/mol. The summed E-state index contributed by atoms with van der Waals surface area (Å²) in [6.07, 6.45) is -5.21. The Morgan fingerprint density at radius 2 is 2.00 bits per heavy atom. The number of rotatable bonds is 4. The van der Waals surface area contributed by atoms with Crippen LogP contribution in [0.2, 0.25) is 0 Å². The fourth-order valence-corrected chi connectivity index (χ4v) is 1.11. The zero-order valence-corrected chi connectivity index (χ0v) is 8.42. The predicted octanol–water partition coefficient (Wildman–Crippen LogP) is 2.70. The van der Waals surface area contributed by atoms with Gasteiger partial charge in [0.1, 0.15) is 17.2 Å². The van der Waals surface area contributed by atoms with Crippen LogP contribution in [0.25, 0.3) is 0 Å². The number of hydrogen-bond donors (Lipinski definition) is 2. The molecule has 0 fully saturated rings. The van der Waals surface area contributed by atoms with Crippen LogP contribution in [0.4, 0.5) is 18.9 Å². The molecule has 0 atom stereocenters. The van der Waals surface area contributed by atoms with Gasteiger partial charge in [-0.25, -0.2) is 0 Å². The minimum absolute atomic E-state index is 0.0366. The lowest BCUT2D eigenvalue weighted by Crippen LogP contribution is -2.10. The highest BCUT2D eigenvalue weighted by Crippen LogP contribution is 2.30. The van der Waals surface area contributed by atoms with Crippen LogP contribution < -0.4 is 10.5 Å². The van der Waals surface area contributed by atoms with Gasteiger partial charge < -0.3 is 15.6 Å². The Morgan fingerprint density at radius 3 is 2.62 bits per heavy atom. The van der Waals surface area contributed by atoms with Crippen molar-refractivity contribution in [2.24, 2.45) is 0 Å². The third kappa shape index (κ3) is 3.88. The highest BCUT2D eigenvalue weighted by atomic mass is 19.4. The second kappa shape index (κ2) is 4.96. The molecule has 0 spiro atoms. The fourth-order valence-electron chi connectivity index (χ4n) is 1.11. The second-order valence-corrected chi connectivity index (χ2v) is 3.26. The molecule has 0 saturated carbocycles. The first-order valence-electron chi connectivity index (χ1n) is 4.67. The molecule has 0 aromatic heterocycles. The molecule has 0 radical (unpaired) electrons. The Kier molecular flexibility index (Phi) is 3.87. The summed E-state index contributed by atoms with van der Waals surface area (Å²) in [6, 6.07) is 4.37. The molecule has 0 unspecified atom stereocenters. The van der Waals surface area contributed by atoms with Crippen molar-refractivity contribution in [2.75, 3.05) is 12.3 Å². The van der Waals surface area contributed by atoms with Gasteiger partial charge >= 0.3 is 6.18 Å². The summed E-state index contributed by atoms with van der Waals surface area (Å²) in [4.78, 5) is 0. The SMILES string of the molecule is Nc1c(O)cccc1OCCCC(F)(F)F. The van der Waals surface area contributed by atoms with Crippen molar-refractivity contribution in [1.29, 1.82) is 0 Å². The largest absolute Gasteiger partial charge is 0.506 e. The summed E-state index contributed by atoms with van der Waals surface area (Å²) in [7, 11) is 0. The number of hydrogen-bond acceptors (Lipinski definition) is 3. The van der Waals surface area contributed by atoms with Gasteiger partial charge in [-0.3, -0.25) is 0 Å². The van der Waals surface area contributed by atoms with Gasteiger partial charge in [0, 0.05) is 6.42 Å². The fraction of sp³-hybridized carbons (Fsp3) is 0.400. The molecule has 0 amide bonds. The predicted molar refractivity (Wildman–Crippen MR) is 53.3 cm³/mol. The summed E-state index contributed by atoms with van der Waals surface area (Å²) in [5.74, 6) is 0.0514. The van der Waals surface area contributed by atoms with E-state index in [0.29, 0.717) is 0 Å². The Bertz CT molecular complexity index is 352. The van der Waals surface area contributed by atoms with Gasteiger partial charge in [0.15, 0.2) is 0 Å². The minimum atomic E-state index is -4.17. The van der Waals surface area contributed by atoms with Crippen molar-refractivity contribution in [3.63, 3.8) is 0 Å². The number of phenols is 1. The minimum Gasteiger partial charge on any atom is -0.506 e. The summed E-state index contributed by atoms with van der Waals surface area (Å²) < 4.78 is 40.4. The van der Waals surface area contributed by atoms with Gasteiger partial charge in [-0.2, -0.15) is 13.2 Å². The quantitative estimate of drug-likeness (QED) is 0.479. The van der Waals surface area contributed by atoms with Gasteiger partial charge in [-0.05, 0) is 18.6 Å². The van der Waals surface area contributed by atoms with Crippen molar-refractivity contribution < 1.29 is 23.0 Å². The molecule has 90 valence electrons. The molecule has 0 heterocycles. The lowest BCUT2D eigenvalue weighted by molar-refractivity contribution is -0.136. The third-order valence-electron chi connectivity index (χ3n) is 1.91. The van der Waals surface area contributed by atoms with E-state index in [1.165, 1.54) is 18.2 Å². The normalized spacial score (nSPS) is 11.4. The van der Waals surface area contributed by atoms with Crippen molar-refractivity contribution >= 4 is 5.69 Å². The van der Waals surface area contributed by atoms with Gasteiger partial charge in [0.25, 0.3) is 0 Å². The first-order chi connectivity index (χ1) is 7.40. The number of alkyl halides is 3. The maximum atomic E-state index is 11.8. The lowest BCUT2D eigenvalue weighted by atomic mass is 10.2. The topological polar surface area (TPSA) is 55.5 Å². The van der Waals surface area contributed by atoms with E-state index in [1.807, 2.05) is 0 Å². The molecule has 0 aliphatic heterocycles. The molecule has 0 aliphatic carbocycles. The van der Waals surface area contributed by atoms with Crippen LogP contribution in [0.1, 0.15) is 12.8 Å². The zero-order chi connectivity index (χ0) is 12.2. The number of nitrogens with two attached hydrogens (primary N) is 1. The first kappa shape index (κ1) is 12.5. The van der Waals surface area contributed by atoms with Crippen molar-refractivity contribution in [1.82, 2.24) is 0 Å². The number of halogens is 3. The van der Waals surface area contributed by atoms with E-state index in [-0.39, 0.29) is 30.2 Å². The number of para-hydroxylation sites is 1. The van der Waals surface area contributed by atoms with Crippen LogP contribution in [0.15, 0.2) is 18.2 Å². The van der Waals surface area contributed by atoms with Crippen LogP contribution in [0, 0.1) is 0 Å². The van der Waals surface area contributed by atoms with Gasteiger partial charge in [-0.1, -0.05) is 6.07 Å². The Morgan fingerprint density at radius 1 is 1.31 bits per heavy atom. The second-order valence-electron chi connectivity index (χ2n) is 3.26. The molecule has 0 aliphatic rings. The van der Waals surface area contributed by atoms with E-state index < -0.39 is 12.6 Å². The molecular formula is C10H12F3NO2. The summed E-state index contributed by atoms with van der Waals surface area (Å²) in [6.45, 7) is -0.0901. The van der Waals surface area contributed by atoms with E-state index in [4.69, 9.17) is 10.5 Å². The van der Waals surface area contributed by atoms with Crippen molar-refractivity contribution in [3.05, 3.63) is 18.2 Å². The Labute approximate surface area is 90.6 Å². The number of nitrogen functional groups attached to an aromatic ring is 1. The van der Waals surface area contributed by atoms with Crippen LogP contribution in [-0.4, -0.2) is 17.9 Å².